The predicted octanol–water partition coefficient (Wildman–Crippen LogP) is 4.86. The monoisotopic (exact) mass is 390 g/mol. The molecule has 2 aliphatic rings. The van der Waals surface area contributed by atoms with Crippen molar-refractivity contribution in [3.63, 3.8) is 0 Å². The smallest absolute Gasteiger partial charge is 0.322 e. The van der Waals surface area contributed by atoms with Crippen molar-refractivity contribution in [3.05, 3.63) is 46.1 Å². The molecule has 1 saturated carbocycles. The van der Waals surface area contributed by atoms with Crippen LogP contribution in [0.25, 0.3) is 0 Å². The van der Waals surface area contributed by atoms with Gasteiger partial charge in [-0.2, -0.15) is 0 Å². The van der Waals surface area contributed by atoms with Crippen molar-refractivity contribution in [2.24, 2.45) is 5.92 Å². The molecule has 1 aliphatic carbocycles. The van der Waals surface area contributed by atoms with Crippen LogP contribution >= 0.6 is 11.6 Å². The van der Waals surface area contributed by atoms with Crippen LogP contribution in [0.2, 0.25) is 5.02 Å². The standard InChI is InChI=1S/C21H27ClN2O3/c1-13(2)17-12-24(10-9-19(25)26)20(27)23-21(17,3)15-7-8-16(18(22)11-15)14-5-4-6-14/h7-8,11-14H,4-6,9-10H2,1-3H3,(H,23,27)(H,25,26)/t21-/m1/s1. The molecule has 0 aromatic heterocycles. The lowest BCUT2D eigenvalue weighted by Gasteiger charge is -2.42. The minimum atomic E-state index is -0.922. The highest BCUT2D eigenvalue weighted by Gasteiger charge is 2.40. The SMILES string of the molecule is CC(C)C1=CN(CCC(=O)O)C(=O)N[C@]1(C)c1ccc(C2CCC2)c(Cl)c1. The van der Waals surface area contributed by atoms with E-state index in [0.717, 1.165) is 16.2 Å². The maximum absolute atomic E-state index is 12.6. The molecule has 5 nitrogen and oxygen atoms in total. The fraction of sp³-hybridized carbons (Fsp3) is 0.524. The minimum Gasteiger partial charge on any atom is -0.481 e. The summed E-state index contributed by atoms with van der Waals surface area (Å²) in [6.45, 7) is 6.28. The molecule has 1 aromatic carbocycles. The number of benzene rings is 1. The van der Waals surface area contributed by atoms with Gasteiger partial charge in [0.1, 0.15) is 0 Å². The Morgan fingerprint density at radius 3 is 2.63 bits per heavy atom. The normalized spacial score (nSPS) is 23.1. The van der Waals surface area contributed by atoms with Gasteiger partial charge in [0, 0.05) is 17.8 Å². The van der Waals surface area contributed by atoms with Gasteiger partial charge >= 0.3 is 12.0 Å². The molecule has 2 N–H and O–H groups in total. The summed E-state index contributed by atoms with van der Waals surface area (Å²) in [6, 6.07) is 5.83. The zero-order chi connectivity index (χ0) is 19.8. The lowest BCUT2D eigenvalue weighted by Crippen LogP contribution is -2.55. The summed E-state index contributed by atoms with van der Waals surface area (Å²) >= 11 is 6.59. The number of hydrogen-bond donors (Lipinski definition) is 2. The summed E-state index contributed by atoms with van der Waals surface area (Å²) in [4.78, 5) is 25.0. The lowest BCUT2D eigenvalue weighted by molar-refractivity contribution is -0.137. The van der Waals surface area contributed by atoms with E-state index in [-0.39, 0.29) is 24.9 Å². The van der Waals surface area contributed by atoms with Gasteiger partial charge in [0.2, 0.25) is 0 Å². The Balaban J connectivity index is 1.94. The van der Waals surface area contributed by atoms with Crippen LogP contribution in [0.1, 0.15) is 63.5 Å². The van der Waals surface area contributed by atoms with Gasteiger partial charge in [0.25, 0.3) is 0 Å². The van der Waals surface area contributed by atoms with E-state index in [2.05, 4.69) is 31.3 Å². The number of urea groups is 1. The number of nitrogens with one attached hydrogen (secondary N) is 1. The first-order chi connectivity index (χ1) is 12.7. The van der Waals surface area contributed by atoms with E-state index in [9.17, 15) is 9.59 Å². The van der Waals surface area contributed by atoms with Crippen LogP contribution in [0, 0.1) is 5.92 Å². The van der Waals surface area contributed by atoms with Gasteiger partial charge in [-0.05, 0) is 54.4 Å². The molecular formula is C21H27ClN2O3. The largest absolute Gasteiger partial charge is 0.481 e. The molecule has 1 atom stereocenters. The number of carbonyl (C=O) groups excluding carboxylic acids is 1. The number of amides is 2. The molecule has 1 heterocycles. The highest BCUT2D eigenvalue weighted by Crippen LogP contribution is 2.43. The van der Waals surface area contributed by atoms with Gasteiger partial charge < -0.3 is 15.3 Å². The van der Waals surface area contributed by atoms with Gasteiger partial charge in [-0.15, -0.1) is 0 Å². The van der Waals surface area contributed by atoms with E-state index in [0.29, 0.717) is 5.92 Å². The second-order valence-corrected chi connectivity index (χ2v) is 8.40. The van der Waals surface area contributed by atoms with E-state index < -0.39 is 11.5 Å². The van der Waals surface area contributed by atoms with Crippen LogP contribution in [0.5, 0.6) is 0 Å². The fourth-order valence-electron chi connectivity index (χ4n) is 3.95. The number of carbonyl (C=O) groups is 2. The second kappa shape index (κ2) is 7.55. The summed E-state index contributed by atoms with van der Waals surface area (Å²) in [5.41, 5.74) is 2.49. The lowest BCUT2D eigenvalue weighted by atomic mass is 9.76. The third kappa shape index (κ3) is 3.84. The summed E-state index contributed by atoms with van der Waals surface area (Å²) in [7, 11) is 0. The molecule has 1 aliphatic heterocycles. The zero-order valence-electron chi connectivity index (χ0n) is 16.1. The van der Waals surface area contributed by atoms with E-state index >= 15 is 0 Å². The van der Waals surface area contributed by atoms with E-state index in [4.69, 9.17) is 16.7 Å². The second-order valence-electron chi connectivity index (χ2n) is 8.00. The van der Waals surface area contributed by atoms with Crippen LogP contribution in [0.4, 0.5) is 4.79 Å². The van der Waals surface area contributed by atoms with Crippen molar-refractivity contribution in [3.8, 4) is 0 Å². The van der Waals surface area contributed by atoms with Crippen LogP contribution < -0.4 is 5.32 Å². The first-order valence-corrected chi connectivity index (χ1v) is 9.93. The summed E-state index contributed by atoms with van der Waals surface area (Å²) in [5, 5.41) is 12.8. The van der Waals surface area contributed by atoms with E-state index in [1.807, 2.05) is 13.0 Å². The highest BCUT2D eigenvalue weighted by atomic mass is 35.5. The molecule has 0 unspecified atom stereocenters. The molecule has 0 bridgehead atoms. The average molecular weight is 391 g/mol. The van der Waals surface area contributed by atoms with Crippen molar-refractivity contribution in [1.29, 1.82) is 0 Å². The van der Waals surface area contributed by atoms with Gasteiger partial charge in [0.15, 0.2) is 0 Å². The minimum absolute atomic E-state index is 0.0894. The average Bonchev–Trinajstić information content (AvgIpc) is 2.53. The molecule has 0 saturated heterocycles. The van der Waals surface area contributed by atoms with Gasteiger partial charge in [0.05, 0.1) is 12.0 Å². The summed E-state index contributed by atoms with van der Waals surface area (Å²) < 4.78 is 0. The Morgan fingerprint density at radius 2 is 2.11 bits per heavy atom. The van der Waals surface area contributed by atoms with Crippen molar-refractivity contribution in [1.82, 2.24) is 10.2 Å². The summed E-state index contributed by atoms with van der Waals surface area (Å²) in [6.07, 6.45) is 5.34. The molecule has 27 heavy (non-hydrogen) atoms. The number of hydrogen-bond acceptors (Lipinski definition) is 2. The van der Waals surface area contributed by atoms with E-state index in [1.165, 1.54) is 29.7 Å². The Hall–Kier alpha value is -2.01. The topological polar surface area (TPSA) is 69.6 Å². The van der Waals surface area contributed by atoms with E-state index in [1.54, 1.807) is 6.20 Å². The number of carboxylic acid groups (broad SMARTS) is 1. The van der Waals surface area contributed by atoms with Crippen molar-refractivity contribution in [2.75, 3.05) is 6.54 Å². The zero-order valence-corrected chi connectivity index (χ0v) is 16.8. The summed E-state index contributed by atoms with van der Waals surface area (Å²) in [5.74, 6) is -0.200. The molecule has 6 heteroatoms. The Morgan fingerprint density at radius 1 is 1.41 bits per heavy atom. The van der Waals surface area contributed by atoms with Gasteiger partial charge in [-0.1, -0.05) is 44.0 Å². The predicted molar refractivity (Wildman–Crippen MR) is 106 cm³/mol. The molecule has 3 rings (SSSR count). The van der Waals surface area contributed by atoms with Gasteiger partial charge in [-0.25, -0.2) is 4.79 Å². The fourth-order valence-corrected chi connectivity index (χ4v) is 4.28. The van der Waals surface area contributed by atoms with Gasteiger partial charge in [-0.3, -0.25) is 4.79 Å². The molecule has 1 fully saturated rings. The molecular weight excluding hydrogens is 364 g/mol. The molecule has 146 valence electrons. The van der Waals surface area contributed by atoms with Crippen LogP contribution in [-0.2, 0) is 10.3 Å². The Labute approximate surface area is 165 Å². The number of aliphatic carboxylic acids is 1. The van der Waals surface area contributed by atoms with Crippen LogP contribution in [0.3, 0.4) is 0 Å². The van der Waals surface area contributed by atoms with Crippen LogP contribution in [0.15, 0.2) is 30.0 Å². The third-order valence-electron chi connectivity index (χ3n) is 5.80. The Bertz CT molecular complexity index is 786. The number of carboxylic acids is 1. The molecule has 0 spiro atoms. The quantitative estimate of drug-likeness (QED) is 0.728. The maximum Gasteiger partial charge on any atom is 0.322 e. The first-order valence-electron chi connectivity index (χ1n) is 9.55. The number of nitrogens with zero attached hydrogens (tertiary/aromatic N) is 1. The third-order valence-corrected chi connectivity index (χ3v) is 6.13. The Kier molecular flexibility index (Phi) is 5.52. The maximum atomic E-state index is 12.6. The number of halogens is 1. The van der Waals surface area contributed by atoms with Crippen LogP contribution in [-0.4, -0.2) is 28.6 Å². The highest BCUT2D eigenvalue weighted by molar-refractivity contribution is 6.31. The van der Waals surface area contributed by atoms with Crippen molar-refractivity contribution < 1.29 is 14.7 Å². The number of rotatable bonds is 6. The van der Waals surface area contributed by atoms with Crippen molar-refractivity contribution in [2.45, 2.75) is 57.9 Å². The first kappa shape index (κ1) is 19.7. The molecule has 1 aromatic rings. The molecule has 2 amide bonds. The molecule has 0 radical (unpaired) electrons. The van der Waals surface area contributed by atoms with Crippen molar-refractivity contribution >= 4 is 23.6 Å².